The molecule has 0 radical (unpaired) electrons. The van der Waals surface area contributed by atoms with E-state index in [2.05, 4.69) is 19.1 Å². The minimum atomic E-state index is 0.684. The molecule has 0 N–H and O–H groups in total. The van der Waals surface area contributed by atoms with Crippen molar-refractivity contribution in [3.8, 4) is 0 Å². The van der Waals surface area contributed by atoms with Crippen LogP contribution in [0.15, 0.2) is 24.3 Å². The molecular formula is C13H17ClSe. The van der Waals surface area contributed by atoms with E-state index in [1.807, 2.05) is 12.1 Å². The van der Waals surface area contributed by atoms with E-state index in [0.29, 0.717) is 15.0 Å². The van der Waals surface area contributed by atoms with Crippen molar-refractivity contribution in [3.63, 3.8) is 0 Å². The predicted octanol–water partition coefficient (Wildman–Crippen LogP) is 3.67. The van der Waals surface area contributed by atoms with Crippen molar-refractivity contribution >= 4 is 31.0 Å². The Bertz CT molecular complexity index is 307. The number of rotatable bonds is 5. The van der Waals surface area contributed by atoms with Gasteiger partial charge in [-0.1, -0.05) is 0 Å². The van der Waals surface area contributed by atoms with Gasteiger partial charge in [0.15, 0.2) is 0 Å². The summed E-state index contributed by atoms with van der Waals surface area (Å²) in [7, 11) is 0. The summed E-state index contributed by atoms with van der Waals surface area (Å²) in [6.07, 6.45) is 5.69. The van der Waals surface area contributed by atoms with Gasteiger partial charge in [0.25, 0.3) is 0 Å². The molecule has 0 aromatic heterocycles. The Labute approximate surface area is 104 Å². The zero-order valence-corrected chi connectivity index (χ0v) is 11.5. The van der Waals surface area contributed by atoms with E-state index in [9.17, 15) is 0 Å². The average Bonchev–Trinajstić information content (AvgIpc) is 2.97. The Kier molecular flexibility index (Phi) is 4.13. The van der Waals surface area contributed by atoms with Crippen molar-refractivity contribution < 1.29 is 0 Å². The van der Waals surface area contributed by atoms with Crippen LogP contribution in [-0.2, 0) is 0 Å². The van der Waals surface area contributed by atoms with Gasteiger partial charge in [0.2, 0.25) is 0 Å². The van der Waals surface area contributed by atoms with Crippen LogP contribution in [-0.4, -0.2) is 15.0 Å². The summed E-state index contributed by atoms with van der Waals surface area (Å²) in [5.74, 6) is 1.04. The van der Waals surface area contributed by atoms with Crippen LogP contribution in [0.5, 0.6) is 0 Å². The summed E-state index contributed by atoms with van der Waals surface area (Å²) < 4.78 is 1.51. The van der Waals surface area contributed by atoms with Gasteiger partial charge in [-0.05, 0) is 0 Å². The number of hydrogen-bond donors (Lipinski definition) is 0. The third-order valence-electron chi connectivity index (χ3n) is 2.89. The molecule has 1 aromatic carbocycles. The Morgan fingerprint density at radius 2 is 2.07 bits per heavy atom. The topological polar surface area (TPSA) is 0 Å². The van der Waals surface area contributed by atoms with E-state index >= 15 is 0 Å². The van der Waals surface area contributed by atoms with Crippen LogP contribution < -0.4 is 4.46 Å². The first-order valence-electron chi connectivity index (χ1n) is 5.72. The van der Waals surface area contributed by atoms with Crippen LogP contribution in [0.2, 0.25) is 9.84 Å². The predicted molar refractivity (Wildman–Crippen MR) is 68.2 cm³/mol. The molecule has 1 aliphatic carbocycles. The number of benzene rings is 1. The molecule has 1 fully saturated rings. The molecule has 1 saturated carbocycles. The number of unbranched alkanes of at least 4 members (excludes halogenated alkanes) is 1. The molecule has 0 amide bonds. The summed E-state index contributed by atoms with van der Waals surface area (Å²) in [6, 6.07) is 8.42. The van der Waals surface area contributed by atoms with Crippen molar-refractivity contribution in [2.24, 2.45) is 5.92 Å². The second-order valence-corrected chi connectivity index (χ2v) is 7.44. The van der Waals surface area contributed by atoms with Gasteiger partial charge in [0.1, 0.15) is 0 Å². The molecule has 0 heterocycles. The fourth-order valence-electron chi connectivity index (χ4n) is 1.82. The Balaban J connectivity index is 1.77. The third kappa shape index (κ3) is 3.52. The molecule has 2 rings (SSSR count). The summed E-state index contributed by atoms with van der Waals surface area (Å²) in [5.41, 5.74) is 0. The first kappa shape index (κ1) is 11.5. The van der Waals surface area contributed by atoms with Gasteiger partial charge in [0, 0.05) is 0 Å². The third-order valence-corrected chi connectivity index (χ3v) is 6.13. The van der Waals surface area contributed by atoms with Crippen LogP contribution in [0.25, 0.3) is 0 Å². The second-order valence-electron chi connectivity index (χ2n) is 4.25. The summed E-state index contributed by atoms with van der Waals surface area (Å²) in [4.78, 5) is 1.02. The molecule has 0 spiro atoms. The van der Waals surface area contributed by atoms with Gasteiger partial charge >= 0.3 is 104 Å². The van der Waals surface area contributed by atoms with E-state index in [1.165, 1.54) is 30.1 Å². The van der Waals surface area contributed by atoms with Crippen molar-refractivity contribution in [2.45, 2.75) is 37.4 Å². The van der Waals surface area contributed by atoms with Crippen LogP contribution in [0.4, 0.5) is 0 Å². The Morgan fingerprint density at radius 1 is 1.33 bits per heavy atom. The zero-order valence-electron chi connectivity index (χ0n) is 9.08. The molecule has 2 heteroatoms. The number of halogens is 1. The zero-order chi connectivity index (χ0) is 10.7. The van der Waals surface area contributed by atoms with E-state index in [0.717, 1.165) is 15.8 Å². The summed E-state index contributed by atoms with van der Waals surface area (Å²) in [5, 5.41) is 0.855. The molecule has 2 atom stereocenters. The summed E-state index contributed by atoms with van der Waals surface area (Å²) >= 11 is 6.55. The summed E-state index contributed by atoms with van der Waals surface area (Å²) in [6.45, 7) is 2.28. The average molecular weight is 288 g/mol. The quantitative estimate of drug-likeness (QED) is 0.725. The van der Waals surface area contributed by atoms with E-state index < -0.39 is 0 Å². The van der Waals surface area contributed by atoms with Crippen molar-refractivity contribution in [2.75, 3.05) is 0 Å². The van der Waals surface area contributed by atoms with Gasteiger partial charge in [0.05, 0.1) is 0 Å². The van der Waals surface area contributed by atoms with Gasteiger partial charge in [-0.25, -0.2) is 0 Å². The maximum absolute atomic E-state index is 5.87. The molecule has 0 aliphatic heterocycles. The van der Waals surface area contributed by atoms with Gasteiger partial charge in [-0.15, -0.1) is 0 Å². The standard InChI is InChI=1S/C13H17ClSe/c1-2-3-4-10-9-13(10)15-12-7-5-11(14)6-8-12/h5-8,10,13H,2-4,9H2,1H3. The van der Waals surface area contributed by atoms with Crippen molar-refractivity contribution in [3.05, 3.63) is 29.3 Å². The van der Waals surface area contributed by atoms with Crippen LogP contribution in [0, 0.1) is 5.92 Å². The van der Waals surface area contributed by atoms with E-state index in [-0.39, 0.29) is 0 Å². The second kappa shape index (κ2) is 5.39. The van der Waals surface area contributed by atoms with E-state index in [1.54, 1.807) is 0 Å². The molecular weight excluding hydrogens is 271 g/mol. The van der Waals surface area contributed by atoms with E-state index in [4.69, 9.17) is 11.6 Å². The van der Waals surface area contributed by atoms with Crippen LogP contribution >= 0.6 is 11.6 Å². The fraction of sp³-hybridized carbons (Fsp3) is 0.538. The fourth-order valence-corrected chi connectivity index (χ4v) is 4.71. The normalized spacial score (nSPS) is 24.1. The van der Waals surface area contributed by atoms with Gasteiger partial charge < -0.3 is 0 Å². The SMILES string of the molecule is CCCCC1CC1[Se]c1ccc(Cl)cc1. The van der Waals surface area contributed by atoms with Crippen molar-refractivity contribution in [1.29, 1.82) is 0 Å². The molecule has 15 heavy (non-hydrogen) atoms. The molecule has 82 valence electrons. The van der Waals surface area contributed by atoms with Gasteiger partial charge in [-0.2, -0.15) is 0 Å². The molecule has 1 aromatic rings. The Morgan fingerprint density at radius 3 is 2.73 bits per heavy atom. The van der Waals surface area contributed by atoms with Crippen LogP contribution in [0.1, 0.15) is 32.6 Å². The molecule has 2 unspecified atom stereocenters. The minimum absolute atomic E-state index is 0.684. The van der Waals surface area contributed by atoms with Crippen LogP contribution in [0.3, 0.4) is 0 Å². The van der Waals surface area contributed by atoms with Gasteiger partial charge in [-0.3, -0.25) is 0 Å². The molecule has 0 saturated heterocycles. The number of hydrogen-bond acceptors (Lipinski definition) is 0. The monoisotopic (exact) mass is 288 g/mol. The molecule has 1 aliphatic rings. The Hall–Kier alpha value is 0.0295. The van der Waals surface area contributed by atoms with Crippen molar-refractivity contribution in [1.82, 2.24) is 0 Å². The first-order chi connectivity index (χ1) is 7.29. The molecule has 0 bridgehead atoms. The molecule has 0 nitrogen and oxygen atoms in total. The maximum atomic E-state index is 5.87. The first-order valence-corrected chi connectivity index (χ1v) is 7.94.